The van der Waals surface area contributed by atoms with E-state index < -0.39 is 37.5 Å². The number of nitrogens with one attached hydrogen (secondary N) is 2. The van der Waals surface area contributed by atoms with Crippen molar-refractivity contribution in [1.29, 1.82) is 0 Å². The Labute approximate surface area is 247 Å². The second kappa shape index (κ2) is 12.8. The van der Waals surface area contributed by atoms with Gasteiger partial charge in [-0.2, -0.15) is 13.2 Å². The summed E-state index contributed by atoms with van der Waals surface area (Å²) in [4.78, 5) is 15.1. The number of phenols is 1. The van der Waals surface area contributed by atoms with E-state index in [-0.39, 0.29) is 46.5 Å². The monoisotopic (exact) mass is 641 g/mol. The smallest absolute Gasteiger partial charge is 0.416 e. The van der Waals surface area contributed by atoms with E-state index in [0.717, 1.165) is 18.4 Å². The van der Waals surface area contributed by atoms with E-state index in [4.69, 9.17) is 4.74 Å². The van der Waals surface area contributed by atoms with Crippen molar-refractivity contribution >= 4 is 37.1 Å². The summed E-state index contributed by atoms with van der Waals surface area (Å²) in [5.74, 6) is -0.495. The molecule has 3 aromatic rings. The van der Waals surface area contributed by atoms with Crippen LogP contribution in [0, 0.1) is 0 Å². The highest BCUT2D eigenvalue weighted by Gasteiger charge is 2.30. The minimum atomic E-state index is -4.50. The number of sulfonamides is 1. The molecule has 43 heavy (non-hydrogen) atoms. The molecule has 1 heterocycles. The van der Waals surface area contributed by atoms with Gasteiger partial charge in [-0.15, -0.1) is 0 Å². The van der Waals surface area contributed by atoms with Gasteiger partial charge in [-0.1, -0.05) is 12.1 Å². The number of sulfone groups is 1. The quantitative estimate of drug-likeness (QED) is 0.170. The van der Waals surface area contributed by atoms with E-state index >= 15 is 0 Å². The van der Waals surface area contributed by atoms with E-state index in [9.17, 15) is 39.9 Å². The Hall–Kier alpha value is -3.82. The number of carbonyl (C=O) groups is 1. The molecule has 232 valence electrons. The highest BCUT2D eigenvalue weighted by molar-refractivity contribution is 7.92. The third-order valence-electron chi connectivity index (χ3n) is 6.63. The molecule has 1 saturated heterocycles. The molecule has 15 heteroatoms. The summed E-state index contributed by atoms with van der Waals surface area (Å²) < 4.78 is 93.9. The molecule has 0 aliphatic carbocycles. The molecule has 0 bridgehead atoms. The van der Waals surface area contributed by atoms with Crippen LogP contribution in [0.15, 0.2) is 60.7 Å². The van der Waals surface area contributed by atoms with Crippen LogP contribution in [0.25, 0.3) is 11.1 Å². The van der Waals surface area contributed by atoms with Gasteiger partial charge in [-0.05, 0) is 60.5 Å². The molecule has 0 atom stereocenters. The lowest BCUT2D eigenvalue weighted by Gasteiger charge is -2.26. The summed E-state index contributed by atoms with van der Waals surface area (Å²) in [5.41, 5.74) is 0.291. The summed E-state index contributed by atoms with van der Waals surface area (Å²) in [7, 11) is -6.71. The Morgan fingerprint density at radius 2 is 1.70 bits per heavy atom. The van der Waals surface area contributed by atoms with Crippen molar-refractivity contribution in [3.8, 4) is 22.6 Å². The number of ether oxygens (including phenoxy) is 1. The fraction of sp³-hybridized carbons (Fsp3) is 0.321. The Morgan fingerprint density at radius 3 is 2.33 bits per heavy atom. The summed E-state index contributed by atoms with van der Waals surface area (Å²) in [6.07, 6.45) is -3.06. The highest BCUT2D eigenvalue weighted by atomic mass is 32.2. The van der Waals surface area contributed by atoms with Crippen LogP contribution in [0.4, 0.5) is 24.5 Å². The zero-order valence-corrected chi connectivity index (χ0v) is 24.7. The zero-order chi connectivity index (χ0) is 31.4. The molecule has 3 N–H and O–H groups in total. The van der Waals surface area contributed by atoms with E-state index in [2.05, 4.69) is 10.0 Å². The van der Waals surface area contributed by atoms with Crippen LogP contribution in [0.2, 0.25) is 0 Å². The second-order valence-corrected chi connectivity index (χ2v) is 14.1. The van der Waals surface area contributed by atoms with Gasteiger partial charge < -0.3 is 20.1 Å². The molecule has 1 fully saturated rings. The van der Waals surface area contributed by atoms with Crippen LogP contribution in [-0.2, 0) is 26.0 Å². The van der Waals surface area contributed by atoms with Gasteiger partial charge in [0.1, 0.15) is 11.5 Å². The summed E-state index contributed by atoms with van der Waals surface area (Å²) in [5, 5.41) is 12.6. The molecule has 0 saturated carbocycles. The van der Waals surface area contributed by atoms with Crippen molar-refractivity contribution in [1.82, 2.24) is 4.90 Å². The minimum Gasteiger partial charge on any atom is -0.506 e. The van der Waals surface area contributed by atoms with Gasteiger partial charge in [-0.25, -0.2) is 16.8 Å². The molecule has 3 aromatic carbocycles. The normalized spacial score (nSPS) is 15.5. The topological polar surface area (TPSA) is 142 Å². The number of rotatable bonds is 10. The summed E-state index contributed by atoms with van der Waals surface area (Å²) in [6, 6.07) is 12.8. The van der Waals surface area contributed by atoms with Crippen LogP contribution >= 0.6 is 0 Å². The first-order chi connectivity index (χ1) is 20.1. The van der Waals surface area contributed by atoms with Gasteiger partial charge in [0.25, 0.3) is 5.91 Å². The number of amides is 1. The third-order valence-corrected chi connectivity index (χ3v) is 8.83. The number of phenolic OH excluding ortho intramolecular Hbond substituents is 1. The van der Waals surface area contributed by atoms with Gasteiger partial charge in [0.2, 0.25) is 10.0 Å². The number of nitrogens with zero attached hydrogens (tertiary/aromatic N) is 1. The lowest BCUT2D eigenvalue weighted by atomic mass is 10.0. The fourth-order valence-electron chi connectivity index (χ4n) is 4.40. The lowest BCUT2D eigenvalue weighted by Crippen LogP contribution is -2.40. The molecular formula is C28H30F3N3O7S2. The maximum Gasteiger partial charge on any atom is 0.416 e. The number of hydrogen-bond donors (Lipinski definition) is 3. The van der Waals surface area contributed by atoms with E-state index in [1.165, 1.54) is 42.5 Å². The third kappa shape index (κ3) is 9.08. The van der Waals surface area contributed by atoms with E-state index in [1.807, 2.05) is 4.90 Å². The number of carbonyl (C=O) groups excluding carboxylic acids is 1. The van der Waals surface area contributed by atoms with Crippen LogP contribution < -0.4 is 14.8 Å². The second-order valence-electron chi connectivity index (χ2n) is 10.0. The predicted molar refractivity (Wildman–Crippen MR) is 157 cm³/mol. The van der Waals surface area contributed by atoms with Gasteiger partial charge >= 0.3 is 6.18 Å². The van der Waals surface area contributed by atoms with E-state index in [1.54, 1.807) is 6.07 Å². The average Bonchev–Trinajstić information content (AvgIpc) is 2.92. The first-order valence-electron chi connectivity index (χ1n) is 13.1. The van der Waals surface area contributed by atoms with Crippen LogP contribution in [0.3, 0.4) is 0 Å². The first-order valence-corrected chi connectivity index (χ1v) is 16.8. The van der Waals surface area contributed by atoms with Gasteiger partial charge in [-0.3, -0.25) is 9.52 Å². The Bertz CT molecular complexity index is 1680. The standard InChI is InChI=1S/C28H30F3N3O7S2/c1-42(37,38)33-24-18-22(8-10-25(24)35)32-27(36)20-5-9-23(19-3-6-21(7-4-19)28(29,30)31)26(17-20)41-14-2-11-34-12-15-43(39,40)16-13-34/h3-10,17-18,33,35H,2,11-16H2,1H3,(H,32,36). The van der Waals surface area contributed by atoms with Crippen LogP contribution in [-0.4, -0.2) is 76.8 Å². The van der Waals surface area contributed by atoms with E-state index in [0.29, 0.717) is 37.2 Å². The molecular weight excluding hydrogens is 611 g/mol. The highest BCUT2D eigenvalue weighted by Crippen LogP contribution is 2.35. The van der Waals surface area contributed by atoms with Gasteiger partial charge in [0.15, 0.2) is 9.84 Å². The maximum absolute atomic E-state index is 13.1. The summed E-state index contributed by atoms with van der Waals surface area (Å²) >= 11 is 0. The van der Waals surface area contributed by atoms with Crippen molar-refractivity contribution in [3.05, 3.63) is 71.8 Å². The van der Waals surface area contributed by atoms with Crippen molar-refractivity contribution in [3.63, 3.8) is 0 Å². The lowest BCUT2D eigenvalue weighted by molar-refractivity contribution is -0.137. The molecule has 10 nitrogen and oxygen atoms in total. The number of halogens is 3. The van der Waals surface area contributed by atoms with Gasteiger partial charge in [0.05, 0.1) is 35.6 Å². The Kier molecular flexibility index (Phi) is 9.57. The average molecular weight is 642 g/mol. The van der Waals surface area contributed by atoms with Crippen molar-refractivity contribution in [2.24, 2.45) is 0 Å². The number of aromatic hydroxyl groups is 1. The summed E-state index contributed by atoms with van der Waals surface area (Å²) in [6.45, 7) is 1.62. The van der Waals surface area contributed by atoms with Crippen molar-refractivity contribution < 1.29 is 44.6 Å². The Morgan fingerprint density at radius 1 is 1.02 bits per heavy atom. The van der Waals surface area contributed by atoms with Crippen molar-refractivity contribution in [2.75, 3.05) is 54.0 Å². The molecule has 1 amide bonds. The molecule has 0 aromatic heterocycles. The number of benzene rings is 3. The predicted octanol–water partition coefficient (Wildman–Crippen LogP) is 4.20. The van der Waals surface area contributed by atoms with Crippen LogP contribution in [0.5, 0.6) is 11.5 Å². The van der Waals surface area contributed by atoms with Crippen molar-refractivity contribution in [2.45, 2.75) is 12.6 Å². The number of anilines is 2. The molecule has 1 aliphatic rings. The maximum atomic E-state index is 13.1. The first kappa shape index (κ1) is 32.1. The number of hydrogen-bond acceptors (Lipinski definition) is 8. The molecule has 1 aliphatic heterocycles. The largest absolute Gasteiger partial charge is 0.506 e. The SMILES string of the molecule is CS(=O)(=O)Nc1cc(NC(=O)c2ccc(-c3ccc(C(F)(F)F)cc3)c(OCCCN3CCS(=O)(=O)CC3)c2)ccc1O. The molecule has 0 unspecified atom stereocenters. The molecule has 4 rings (SSSR count). The zero-order valence-electron chi connectivity index (χ0n) is 23.0. The Balaban J connectivity index is 1.53. The fourth-order valence-corrected chi connectivity index (χ4v) is 6.24. The molecule has 0 spiro atoms. The minimum absolute atomic E-state index is 0.0932. The van der Waals surface area contributed by atoms with Gasteiger partial charge in [0, 0.05) is 36.4 Å². The number of alkyl halides is 3. The molecule has 0 radical (unpaired) electrons. The van der Waals surface area contributed by atoms with Crippen LogP contribution in [0.1, 0.15) is 22.3 Å².